The first-order valence-corrected chi connectivity index (χ1v) is 9.95. The molecule has 0 aliphatic rings. The molecule has 4 nitrogen and oxygen atoms in total. The molecule has 0 aliphatic heterocycles. The van der Waals surface area contributed by atoms with Crippen molar-refractivity contribution in [3.05, 3.63) is 0 Å². The molecule has 5 atom stereocenters. The van der Waals surface area contributed by atoms with E-state index in [0.29, 0.717) is 11.8 Å². The second-order valence-corrected chi connectivity index (χ2v) is 8.07. The molecule has 0 heterocycles. The quantitative estimate of drug-likeness (QED) is 0.483. The number of carbonyl (C=O) groups is 2. The summed E-state index contributed by atoms with van der Waals surface area (Å²) >= 11 is 0. The second-order valence-electron chi connectivity index (χ2n) is 6.12. The van der Waals surface area contributed by atoms with E-state index < -0.39 is 26.2 Å². The van der Waals surface area contributed by atoms with Crippen LogP contribution in [0.3, 0.4) is 0 Å². The third kappa shape index (κ3) is 8.07. The van der Waals surface area contributed by atoms with Gasteiger partial charge in [-0.3, -0.25) is 4.79 Å². The summed E-state index contributed by atoms with van der Waals surface area (Å²) in [6.07, 6.45) is -0.818. The fourth-order valence-corrected chi connectivity index (χ4v) is 2.48. The molecule has 0 aliphatic carbocycles. The number of ether oxygens (including phenoxy) is 1. The van der Waals surface area contributed by atoms with E-state index in [9.17, 15) is 13.8 Å². The van der Waals surface area contributed by atoms with Gasteiger partial charge >= 0.3 is 11.9 Å². The molecule has 0 saturated heterocycles. The summed E-state index contributed by atoms with van der Waals surface area (Å²) in [7, 11) is -0.594. The van der Waals surface area contributed by atoms with Crippen LogP contribution in [-0.4, -0.2) is 18.0 Å². The standard InChI is InChI=1S/C14H27FO4P2/c1-8(2)11(6)10(5)7-12(16)18-13(9(3)4)14(17)19-21(15)20/h8-11,13H,7,20H2,1-6H3/t10-,11+,13-,21?/m0/s1. The highest BCUT2D eigenvalue weighted by Gasteiger charge is 2.30. The average molecular weight is 340 g/mol. The van der Waals surface area contributed by atoms with Gasteiger partial charge in [0.15, 0.2) is 0 Å². The lowest BCUT2D eigenvalue weighted by Gasteiger charge is -2.24. The van der Waals surface area contributed by atoms with Crippen LogP contribution >= 0.6 is 17.1 Å². The Morgan fingerprint density at radius 3 is 2.00 bits per heavy atom. The van der Waals surface area contributed by atoms with Gasteiger partial charge in [-0.15, -0.1) is 0 Å². The summed E-state index contributed by atoms with van der Waals surface area (Å²) in [6.45, 7) is 11.7. The smallest absolute Gasteiger partial charge is 0.352 e. The lowest BCUT2D eigenvalue weighted by molar-refractivity contribution is -0.166. The highest BCUT2D eigenvalue weighted by molar-refractivity contribution is 8.08. The van der Waals surface area contributed by atoms with Gasteiger partial charge in [0, 0.05) is 12.3 Å². The van der Waals surface area contributed by atoms with Crippen molar-refractivity contribution in [1.82, 2.24) is 0 Å². The Kier molecular flexibility index (Phi) is 9.56. The van der Waals surface area contributed by atoms with Crippen molar-refractivity contribution in [2.75, 3.05) is 0 Å². The van der Waals surface area contributed by atoms with Crippen molar-refractivity contribution in [3.63, 3.8) is 0 Å². The Labute approximate surface area is 130 Å². The van der Waals surface area contributed by atoms with Gasteiger partial charge in [0.1, 0.15) is 0 Å². The summed E-state index contributed by atoms with van der Waals surface area (Å²) in [6, 6.07) is 0. The van der Waals surface area contributed by atoms with Gasteiger partial charge in [-0.05, 0) is 26.7 Å². The number of halogens is 1. The molecule has 0 fully saturated rings. The zero-order chi connectivity index (χ0) is 16.7. The van der Waals surface area contributed by atoms with Crippen LogP contribution in [-0.2, 0) is 18.8 Å². The number of hydrogen-bond donors (Lipinski definition) is 0. The minimum absolute atomic E-state index is 0.154. The maximum atomic E-state index is 12.8. The van der Waals surface area contributed by atoms with Gasteiger partial charge in [-0.2, -0.15) is 4.20 Å². The molecule has 0 radical (unpaired) electrons. The van der Waals surface area contributed by atoms with E-state index >= 15 is 0 Å². The van der Waals surface area contributed by atoms with Crippen LogP contribution in [0.15, 0.2) is 0 Å². The highest BCUT2D eigenvalue weighted by atomic mass is 32.0. The molecule has 0 N–H and O–H groups in total. The fourth-order valence-electron chi connectivity index (χ4n) is 1.89. The molecular weight excluding hydrogens is 313 g/mol. The van der Waals surface area contributed by atoms with E-state index in [1.807, 2.05) is 6.92 Å². The largest absolute Gasteiger partial charge is 0.450 e. The van der Waals surface area contributed by atoms with Gasteiger partial charge in [-0.25, -0.2) is 4.79 Å². The molecule has 124 valence electrons. The van der Waals surface area contributed by atoms with E-state index in [2.05, 4.69) is 25.3 Å². The molecule has 0 saturated carbocycles. The van der Waals surface area contributed by atoms with Gasteiger partial charge in [-0.1, -0.05) is 41.5 Å². The van der Waals surface area contributed by atoms with Gasteiger partial charge < -0.3 is 9.26 Å². The third-order valence-electron chi connectivity index (χ3n) is 3.71. The van der Waals surface area contributed by atoms with E-state index in [1.165, 1.54) is 0 Å². The van der Waals surface area contributed by atoms with Crippen LogP contribution in [0, 0.1) is 23.7 Å². The van der Waals surface area contributed by atoms with E-state index in [-0.39, 0.29) is 18.3 Å². The van der Waals surface area contributed by atoms with Crippen LogP contribution < -0.4 is 0 Å². The SMILES string of the molecule is CC(C)[C@H](OC(=O)C[C@H](C)[C@H](C)C(C)C)C(=O)OP(F)P. The Morgan fingerprint density at radius 2 is 1.62 bits per heavy atom. The summed E-state index contributed by atoms with van der Waals surface area (Å²) in [5, 5.41) is 0. The number of rotatable bonds is 8. The average Bonchev–Trinajstić information content (AvgIpc) is 2.33. The Balaban J connectivity index is 4.59. The minimum atomic E-state index is -2.38. The highest BCUT2D eigenvalue weighted by Crippen LogP contribution is 2.47. The van der Waals surface area contributed by atoms with Crippen LogP contribution in [0.25, 0.3) is 0 Å². The Morgan fingerprint density at radius 1 is 1.10 bits per heavy atom. The summed E-state index contributed by atoms with van der Waals surface area (Å²) in [5.41, 5.74) is 0. The molecule has 0 aromatic heterocycles. The number of hydrogen-bond acceptors (Lipinski definition) is 4. The maximum absolute atomic E-state index is 12.8. The zero-order valence-electron chi connectivity index (χ0n) is 13.6. The normalized spacial score (nSPS) is 17.2. The first kappa shape index (κ1) is 20.7. The van der Waals surface area contributed by atoms with Crippen LogP contribution in [0.5, 0.6) is 0 Å². The monoisotopic (exact) mass is 340 g/mol. The lowest BCUT2D eigenvalue weighted by atomic mass is 9.84. The molecule has 0 bridgehead atoms. The first-order chi connectivity index (χ1) is 9.56. The molecular formula is C14H27FO4P2. The summed E-state index contributed by atoms with van der Waals surface area (Å²) in [4.78, 5) is 23.7. The molecule has 0 rings (SSSR count). The fraction of sp³-hybridized carbons (Fsp3) is 0.857. The van der Waals surface area contributed by atoms with Crippen molar-refractivity contribution < 1.29 is 23.0 Å². The van der Waals surface area contributed by atoms with E-state index in [0.717, 1.165) is 0 Å². The van der Waals surface area contributed by atoms with E-state index in [4.69, 9.17) is 4.74 Å². The van der Waals surface area contributed by atoms with Crippen LogP contribution in [0.4, 0.5) is 4.20 Å². The molecule has 7 heteroatoms. The molecule has 0 aromatic rings. The zero-order valence-corrected chi connectivity index (χ0v) is 15.7. The van der Waals surface area contributed by atoms with Gasteiger partial charge in [0.05, 0.1) is 0 Å². The topological polar surface area (TPSA) is 52.6 Å². The van der Waals surface area contributed by atoms with Crippen molar-refractivity contribution in [1.29, 1.82) is 0 Å². The Bertz CT molecular complexity index is 348. The third-order valence-corrected chi connectivity index (χ3v) is 4.38. The number of carbonyl (C=O) groups excluding carboxylic acids is 2. The van der Waals surface area contributed by atoms with Gasteiger partial charge in [0.25, 0.3) is 8.15 Å². The summed E-state index contributed by atoms with van der Waals surface area (Å²) < 4.78 is 22.5. The predicted molar refractivity (Wildman–Crippen MR) is 86.3 cm³/mol. The molecule has 0 aromatic carbocycles. The maximum Gasteiger partial charge on any atom is 0.352 e. The van der Waals surface area contributed by atoms with Crippen LogP contribution in [0.2, 0.25) is 0 Å². The molecule has 0 spiro atoms. The molecule has 2 unspecified atom stereocenters. The van der Waals surface area contributed by atoms with Crippen molar-refractivity contribution >= 4 is 29.0 Å². The second kappa shape index (κ2) is 9.69. The van der Waals surface area contributed by atoms with Gasteiger partial charge in [0.2, 0.25) is 6.10 Å². The molecule has 0 amide bonds. The predicted octanol–water partition coefficient (Wildman–Crippen LogP) is 4.49. The lowest BCUT2D eigenvalue weighted by Crippen LogP contribution is -2.33. The number of esters is 1. The van der Waals surface area contributed by atoms with Crippen molar-refractivity contribution in [3.8, 4) is 0 Å². The van der Waals surface area contributed by atoms with E-state index in [1.54, 1.807) is 22.8 Å². The first-order valence-electron chi connectivity index (χ1n) is 7.18. The van der Waals surface area contributed by atoms with Crippen LogP contribution in [0.1, 0.15) is 48.0 Å². The van der Waals surface area contributed by atoms with Crippen molar-refractivity contribution in [2.45, 2.75) is 54.1 Å². The summed E-state index contributed by atoms with van der Waals surface area (Å²) in [5.74, 6) is -0.553. The molecule has 21 heavy (non-hydrogen) atoms. The minimum Gasteiger partial charge on any atom is -0.450 e. The Hall–Kier alpha value is -0.270. The van der Waals surface area contributed by atoms with Crippen molar-refractivity contribution in [2.24, 2.45) is 23.7 Å².